The van der Waals surface area contributed by atoms with Crippen LogP contribution >= 0.6 is 0 Å². The maximum absolute atomic E-state index is 8.95. The van der Waals surface area contributed by atoms with Crippen LogP contribution in [0.1, 0.15) is 18.9 Å². The van der Waals surface area contributed by atoms with Gasteiger partial charge in [-0.1, -0.05) is 6.92 Å². The van der Waals surface area contributed by atoms with Gasteiger partial charge in [-0.25, -0.2) is 0 Å². The first kappa shape index (κ1) is 11.7. The predicted molar refractivity (Wildman–Crippen MR) is 61.8 cm³/mol. The average Bonchev–Trinajstić information content (AvgIpc) is 2.31. The highest BCUT2D eigenvalue weighted by Crippen LogP contribution is 2.10. The van der Waals surface area contributed by atoms with Gasteiger partial charge < -0.3 is 9.84 Å². The van der Waals surface area contributed by atoms with Gasteiger partial charge in [0.2, 0.25) is 0 Å². The Morgan fingerprint density at radius 3 is 2.53 bits per heavy atom. The van der Waals surface area contributed by atoms with E-state index in [2.05, 4.69) is 4.99 Å². The van der Waals surface area contributed by atoms with Crippen LogP contribution in [0.3, 0.4) is 0 Å². The monoisotopic (exact) mass is 207 g/mol. The molecule has 0 unspecified atom stereocenters. The van der Waals surface area contributed by atoms with Crippen LogP contribution in [0.25, 0.3) is 0 Å². The standard InChI is InChI=1S/C12H17NO2/c1-3-11(9-14)13-8-10-4-6-12(15-2)7-5-10/h4-8,11,14H,3,9H2,1-2H3/t11-/m0/s1. The Labute approximate surface area is 90.4 Å². The zero-order chi connectivity index (χ0) is 11.1. The van der Waals surface area contributed by atoms with Crippen molar-refractivity contribution in [2.24, 2.45) is 4.99 Å². The van der Waals surface area contributed by atoms with E-state index in [0.29, 0.717) is 0 Å². The minimum absolute atomic E-state index is 0.00658. The maximum atomic E-state index is 8.95. The van der Waals surface area contributed by atoms with E-state index < -0.39 is 0 Å². The van der Waals surface area contributed by atoms with Crippen molar-refractivity contribution >= 4 is 6.21 Å². The molecule has 0 bridgehead atoms. The van der Waals surface area contributed by atoms with Crippen LogP contribution in [0.15, 0.2) is 29.3 Å². The van der Waals surface area contributed by atoms with Crippen molar-refractivity contribution in [1.82, 2.24) is 0 Å². The summed E-state index contributed by atoms with van der Waals surface area (Å²) in [6.07, 6.45) is 2.63. The van der Waals surface area contributed by atoms with Gasteiger partial charge in [0.25, 0.3) is 0 Å². The van der Waals surface area contributed by atoms with Crippen LogP contribution in [-0.2, 0) is 0 Å². The van der Waals surface area contributed by atoms with Crippen molar-refractivity contribution in [2.45, 2.75) is 19.4 Å². The summed E-state index contributed by atoms with van der Waals surface area (Å²) in [7, 11) is 1.64. The molecule has 1 atom stereocenters. The average molecular weight is 207 g/mol. The lowest BCUT2D eigenvalue weighted by atomic mass is 10.2. The number of ether oxygens (including phenoxy) is 1. The Hall–Kier alpha value is -1.35. The molecule has 3 nitrogen and oxygen atoms in total. The molecule has 0 fully saturated rings. The molecule has 3 heteroatoms. The van der Waals surface area contributed by atoms with Crippen molar-refractivity contribution in [3.05, 3.63) is 29.8 Å². The summed E-state index contributed by atoms with van der Waals surface area (Å²) in [6, 6.07) is 7.66. The highest BCUT2D eigenvalue weighted by atomic mass is 16.5. The molecular formula is C12H17NO2. The molecule has 0 amide bonds. The SMILES string of the molecule is CC[C@@H](CO)N=Cc1ccc(OC)cc1. The van der Waals surface area contributed by atoms with E-state index >= 15 is 0 Å². The van der Waals surface area contributed by atoms with Crippen LogP contribution in [0.5, 0.6) is 5.75 Å². The summed E-state index contributed by atoms with van der Waals surface area (Å²) < 4.78 is 5.05. The molecule has 1 aromatic rings. The lowest BCUT2D eigenvalue weighted by molar-refractivity contribution is 0.264. The van der Waals surface area contributed by atoms with Gasteiger partial charge in [-0.3, -0.25) is 4.99 Å². The molecule has 0 aliphatic heterocycles. The third-order valence-electron chi connectivity index (χ3n) is 2.23. The van der Waals surface area contributed by atoms with Crippen molar-refractivity contribution in [3.63, 3.8) is 0 Å². The Bertz CT molecular complexity index is 302. The van der Waals surface area contributed by atoms with Gasteiger partial charge >= 0.3 is 0 Å². The highest BCUT2D eigenvalue weighted by molar-refractivity contribution is 5.79. The summed E-state index contributed by atoms with van der Waals surface area (Å²) >= 11 is 0. The number of aliphatic hydroxyl groups excluding tert-OH is 1. The molecule has 0 aromatic heterocycles. The molecule has 0 heterocycles. The van der Waals surface area contributed by atoms with E-state index in [1.54, 1.807) is 13.3 Å². The quantitative estimate of drug-likeness (QED) is 0.749. The first-order chi connectivity index (χ1) is 7.30. The topological polar surface area (TPSA) is 41.8 Å². The van der Waals surface area contributed by atoms with Crippen LogP contribution in [0, 0.1) is 0 Å². The van der Waals surface area contributed by atoms with Gasteiger partial charge in [-0.2, -0.15) is 0 Å². The summed E-state index contributed by atoms with van der Waals surface area (Å²) in [4.78, 5) is 4.27. The lowest BCUT2D eigenvalue weighted by Crippen LogP contribution is -2.08. The molecule has 0 saturated carbocycles. The third kappa shape index (κ3) is 3.72. The number of nitrogens with zero attached hydrogens (tertiary/aromatic N) is 1. The number of methoxy groups -OCH3 is 1. The smallest absolute Gasteiger partial charge is 0.118 e. The van der Waals surface area contributed by atoms with Crippen LogP contribution in [0.4, 0.5) is 0 Å². The Balaban J connectivity index is 2.63. The summed E-state index contributed by atoms with van der Waals surface area (Å²) in [5, 5.41) is 8.95. The summed E-state index contributed by atoms with van der Waals surface area (Å²) in [5.74, 6) is 0.835. The molecule has 0 aliphatic carbocycles. The van der Waals surface area contributed by atoms with E-state index in [1.165, 1.54) is 0 Å². The van der Waals surface area contributed by atoms with Gasteiger partial charge in [-0.05, 0) is 36.2 Å². The van der Waals surface area contributed by atoms with Crippen molar-refractivity contribution in [2.75, 3.05) is 13.7 Å². The Morgan fingerprint density at radius 2 is 2.07 bits per heavy atom. The van der Waals surface area contributed by atoms with E-state index in [0.717, 1.165) is 17.7 Å². The molecule has 1 rings (SSSR count). The summed E-state index contributed by atoms with van der Waals surface area (Å²) in [5.41, 5.74) is 1.02. The number of aliphatic hydroxyl groups is 1. The van der Waals surface area contributed by atoms with Gasteiger partial charge in [0.15, 0.2) is 0 Å². The zero-order valence-corrected chi connectivity index (χ0v) is 9.18. The normalized spacial score (nSPS) is 13.0. The number of aliphatic imine (C=N–C) groups is 1. The van der Waals surface area contributed by atoms with Gasteiger partial charge in [0, 0.05) is 6.21 Å². The molecular weight excluding hydrogens is 190 g/mol. The minimum atomic E-state index is 0.00658. The van der Waals surface area contributed by atoms with Gasteiger partial charge in [-0.15, -0.1) is 0 Å². The summed E-state index contributed by atoms with van der Waals surface area (Å²) in [6.45, 7) is 2.11. The predicted octanol–water partition coefficient (Wildman–Crippen LogP) is 1.89. The second-order valence-corrected chi connectivity index (χ2v) is 3.30. The molecule has 1 N–H and O–H groups in total. The highest BCUT2D eigenvalue weighted by Gasteiger charge is 1.98. The number of hydrogen-bond acceptors (Lipinski definition) is 3. The fraction of sp³-hybridized carbons (Fsp3) is 0.417. The van der Waals surface area contributed by atoms with Crippen molar-refractivity contribution in [1.29, 1.82) is 0 Å². The second kappa shape index (κ2) is 6.19. The molecule has 0 aliphatic rings. The fourth-order valence-corrected chi connectivity index (χ4v) is 1.16. The lowest BCUT2D eigenvalue weighted by Gasteiger charge is -2.04. The van der Waals surface area contributed by atoms with Crippen LogP contribution < -0.4 is 4.74 Å². The van der Waals surface area contributed by atoms with Crippen molar-refractivity contribution in [3.8, 4) is 5.75 Å². The number of hydrogen-bond donors (Lipinski definition) is 1. The largest absolute Gasteiger partial charge is 0.497 e. The molecule has 15 heavy (non-hydrogen) atoms. The Morgan fingerprint density at radius 1 is 1.40 bits per heavy atom. The first-order valence-corrected chi connectivity index (χ1v) is 5.08. The van der Waals surface area contributed by atoms with E-state index in [-0.39, 0.29) is 12.6 Å². The number of benzene rings is 1. The third-order valence-corrected chi connectivity index (χ3v) is 2.23. The fourth-order valence-electron chi connectivity index (χ4n) is 1.16. The van der Waals surface area contributed by atoms with E-state index in [9.17, 15) is 0 Å². The molecule has 1 aromatic carbocycles. The molecule has 0 saturated heterocycles. The van der Waals surface area contributed by atoms with E-state index in [4.69, 9.17) is 9.84 Å². The zero-order valence-electron chi connectivity index (χ0n) is 9.18. The second-order valence-electron chi connectivity index (χ2n) is 3.30. The first-order valence-electron chi connectivity index (χ1n) is 5.08. The molecule has 0 spiro atoms. The van der Waals surface area contributed by atoms with E-state index in [1.807, 2.05) is 31.2 Å². The van der Waals surface area contributed by atoms with Gasteiger partial charge in [0.1, 0.15) is 5.75 Å². The van der Waals surface area contributed by atoms with Gasteiger partial charge in [0.05, 0.1) is 19.8 Å². The maximum Gasteiger partial charge on any atom is 0.118 e. The molecule has 0 radical (unpaired) electrons. The van der Waals surface area contributed by atoms with Crippen LogP contribution in [-0.4, -0.2) is 31.1 Å². The molecule has 82 valence electrons. The van der Waals surface area contributed by atoms with Crippen LogP contribution in [0.2, 0.25) is 0 Å². The minimum Gasteiger partial charge on any atom is -0.497 e. The Kier molecular flexibility index (Phi) is 4.84. The van der Waals surface area contributed by atoms with Crippen molar-refractivity contribution < 1.29 is 9.84 Å². The number of rotatable bonds is 5.